The molecule has 0 aliphatic heterocycles. The highest BCUT2D eigenvalue weighted by molar-refractivity contribution is 8.32. The number of nitrogens with zero attached hydrogens (tertiary/aromatic N) is 1. The van der Waals surface area contributed by atoms with Crippen LogP contribution in [0.15, 0.2) is 24.3 Å². The molecule has 1 aromatic carbocycles. The number of hydrogen-bond donors (Lipinski definition) is 0. The van der Waals surface area contributed by atoms with Crippen LogP contribution in [-0.4, -0.2) is 54.7 Å². The second-order valence-electron chi connectivity index (χ2n) is 5.92. The largest absolute Gasteiger partial charge is 0.461 e. The van der Waals surface area contributed by atoms with Crippen molar-refractivity contribution < 1.29 is 52.5 Å². The third kappa shape index (κ3) is 5.16. The summed E-state index contributed by atoms with van der Waals surface area (Å²) in [6.45, 7) is 0. The van der Waals surface area contributed by atoms with E-state index in [0.29, 0.717) is 0 Å². The fourth-order valence-corrected chi connectivity index (χ4v) is 5.53. The standard InChI is InChI=1S/C13H12F7NO6S2/c1-28(2,7-10(22)8-4-3-5-9(6-8)21(23)24)27-29(25,26)13(19,20)11(14,15)12(16,17)18/h3-6H,7H2,1-2H3. The van der Waals surface area contributed by atoms with Crippen molar-refractivity contribution in [1.29, 1.82) is 0 Å². The Morgan fingerprint density at radius 3 is 2.07 bits per heavy atom. The van der Waals surface area contributed by atoms with Gasteiger partial charge in [0.2, 0.25) is 0 Å². The number of halogens is 7. The Morgan fingerprint density at radius 1 is 1.10 bits per heavy atom. The van der Waals surface area contributed by atoms with Gasteiger partial charge in [0.15, 0.2) is 5.78 Å². The minimum atomic E-state index is -6.96. The maximum atomic E-state index is 13.5. The third-order valence-electron chi connectivity index (χ3n) is 3.17. The van der Waals surface area contributed by atoms with Gasteiger partial charge in [-0.3, -0.25) is 14.9 Å². The number of benzene rings is 1. The van der Waals surface area contributed by atoms with E-state index < -0.39 is 59.9 Å². The first-order valence-corrected chi connectivity index (χ1v) is 11.0. The summed E-state index contributed by atoms with van der Waals surface area (Å²) in [4.78, 5) is 22.0. The fourth-order valence-electron chi connectivity index (χ4n) is 1.82. The average Bonchev–Trinajstić information content (AvgIpc) is 2.51. The first-order valence-electron chi connectivity index (χ1n) is 7.02. The lowest BCUT2D eigenvalue weighted by Gasteiger charge is -2.33. The summed E-state index contributed by atoms with van der Waals surface area (Å²) in [5.41, 5.74) is -0.887. The van der Waals surface area contributed by atoms with E-state index in [0.717, 1.165) is 36.8 Å². The first kappa shape index (κ1) is 25.1. The molecule has 29 heavy (non-hydrogen) atoms. The van der Waals surface area contributed by atoms with Gasteiger partial charge in [-0.1, -0.05) is 12.1 Å². The molecule has 1 rings (SSSR count). The minimum Gasteiger partial charge on any atom is -0.293 e. The van der Waals surface area contributed by atoms with E-state index in [1.54, 1.807) is 0 Å². The molecule has 0 amide bonds. The lowest BCUT2D eigenvalue weighted by molar-refractivity contribution is -0.384. The molecule has 0 fully saturated rings. The highest BCUT2D eigenvalue weighted by Gasteiger charge is 2.79. The minimum absolute atomic E-state index is 0.354. The highest BCUT2D eigenvalue weighted by atomic mass is 32.3. The molecule has 7 nitrogen and oxygen atoms in total. The maximum absolute atomic E-state index is 13.5. The summed E-state index contributed by atoms with van der Waals surface area (Å²) < 4.78 is 116. The van der Waals surface area contributed by atoms with Gasteiger partial charge >= 0.3 is 27.5 Å². The van der Waals surface area contributed by atoms with E-state index in [-0.39, 0.29) is 5.56 Å². The van der Waals surface area contributed by atoms with E-state index in [2.05, 4.69) is 3.63 Å². The van der Waals surface area contributed by atoms with Gasteiger partial charge in [0.1, 0.15) is 0 Å². The van der Waals surface area contributed by atoms with Crippen molar-refractivity contribution in [2.75, 3.05) is 18.3 Å². The third-order valence-corrected chi connectivity index (χ3v) is 7.20. The zero-order valence-corrected chi connectivity index (χ0v) is 16.0. The smallest absolute Gasteiger partial charge is 0.293 e. The molecule has 16 heteroatoms. The van der Waals surface area contributed by atoms with Gasteiger partial charge in [0.05, 0.1) is 10.7 Å². The van der Waals surface area contributed by atoms with Crippen LogP contribution in [0.3, 0.4) is 0 Å². The normalized spacial score (nSPS) is 14.5. The van der Waals surface area contributed by atoms with Gasteiger partial charge in [-0.2, -0.15) is 39.2 Å². The molecule has 0 saturated carbocycles. The molecule has 0 aromatic heterocycles. The van der Waals surface area contributed by atoms with Crippen LogP contribution in [0, 0.1) is 10.1 Å². The van der Waals surface area contributed by atoms with Crippen molar-refractivity contribution in [3.63, 3.8) is 0 Å². The SMILES string of the molecule is CS(C)(CC(=O)c1cccc([N+](=O)[O-])c1)OS(=O)(=O)C(F)(F)C(F)(F)C(F)(F)F. The van der Waals surface area contributed by atoms with E-state index in [4.69, 9.17) is 0 Å². The van der Waals surface area contributed by atoms with Crippen molar-refractivity contribution in [3.8, 4) is 0 Å². The number of ketones is 1. The van der Waals surface area contributed by atoms with Crippen LogP contribution in [0.4, 0.5) is 36.4 Å². The molecule has 0 heterocycles. The van der Waals surface area contributed by atoms with Crippen molar-refractivity contribution in [3.05, 3.63) is 39.9 Å². The molecule has 0 N–H and O–H groups in total. The zero-order chi connectivity index (χ0) is 23.1. The first-order chi connectivity index (χ1) is 12.8. The summed E-state index contributed by atoms with van der Waals surface area (Å²) in [7, 11) is -10.3. The quantitative estimate of drug-likeness (QED) is 0.245. The Morgan fingerprint density at radius 2 is 1.62 bits per heavy atom. The summed E-state index contributed by atoms with van der Waals surface area (Å²) in [6, 6.07) is 3.93. The van der Waals surface area contributed by atoms with Crippen LogP contribution in [0.2, 0.25) is 0 Å². The number of hydrogen-bond acceptors (Lipinski definition) is 6. The van der Waals surface area contributed by atoms with Crippen LogP contribution in [0.1, 0.15) is 10.4 Å². The Balaban J connectivity index is 3.14. The molecule has 166 valence electrons. The van der Waals surface area contributed by atoms with Gasteiger partial charge < -0.3 is 0 Å². The molecule has 0 bridgehead atoms. The van der Waals surface area contributed by atoms with Gasteiger partial charge in [-0.25, -0.2) is 3.63 Å². The van der Waals surface area contributed by atoms with E-state index >= 15 is 0 Å². The van der Waals surface area contributed by atoms with Gasteiger partial charge in [-0.05, 0) is 12.5 Å². The Hall–Kier alpha value is -1.94. The van der Waals surface area contributed by atoms with Crippen molar-refractivity contribution in [1.82, 2.24) is 0 Å². The number of alkyl halides is 7. The van der Waals surface area contributed by atoms with Crippen LogP contribution < -0.4 is 0 Å². The number of rotatable bonds is 8. The van der Waals surface area contributed by atoms with Gasteiger partial charge in [-0.15, -0.1) is 10.3 Å². The van der Waals surface area contributed by atoms with Crippen molar-refractivity contribution in [2.45, 2.75) is 17.4 Å². The van der Waals surface area contributed by atoms with Crippen molar-refractivity contribution >= 4 is 31.9 Å². The summed E-state index contributed by atoms with van der Waals surface area (Å²) in [5.74, 6) is -9.02. The second-order valence-corrected chi connectivity index (χ2v) is 11.1. The highest BCUT2D eigenvalue weighted by Crippen LogP contribution is 2.53. The number of carbonyl (C=O) groups is 1. The summed E-state index contributed by atoms with van der Waals surface area (Å²) >= 11 is 0. The Labute approximate surface area is 160 Å². The lowest BCUT2D eigenvalue weighted by Crippen LogP contribution is -2.56. The van der Waals surface area contributed by atoms with Crippen LogP contribution in [-0.2, 0) is 13.7 Å². The monoisotopic (exact) mass is 475 g/mol. The number of Topliss-reactive ketones (excluding diaryl/α,β-unsaturated/α-hetero) is 1. The predicted molar refractivity (Wildman–Crippen MR) is 87.7 cm³/mol. The number of carbonyl (C=O) groups excluding carboxylic acids is 1. The van der Waals surface area contributed by atoms with Crippen LogP contribution in [0.25, 0.3) is 0 Å². The molecule has 0 saturated heterocycles. The number of non-ortho nitro benzene ring substituents is 1. The topological polar surface area (TPSA) is 104 Å². The Bertz CT molecular complexity index is 914. The lowest BCUT2D eigenvalue weighted by atomic mass is 10.1. The molecule has 0 spiro atoms. The molecular weight excluding hydrogens is 463 g/mol. The molecule has 0 aliphatic carbocycles. The average molecular weight is 475 g/mol. The summed E-state index contributed by atoms with van der Waals surface area (Å²) in [5, 5.41) is 4.01. The zero-order valence-electron chi connectivity index (χ0n) is 14.4. The van der Waals surface area contributed by atoms with E-state index in [1.165, 1.54) is 0 Å². The van der Waals surface area contributed by atoms with Crippen molar-refractivity contribution in [2.24, 2.45) is 0 Å². The molecule has 0 aliphatic rings. The number of nitro benzene ring substituents is 1. The summed E-state index contributed by atoms with van der Waals surface area (Å²) in [6.07, 6.45) is -5.39. The van der Waals surface area contributed by atoms with E-state index in [1.807, 2.05) is 0 Å². The number of nitro groups is 1. The van der Waals surface area contributed by atoms with Gasteiger partial charge in [0.25, 0.3) is 5.69 Å². The fraction of sp³-hybridized carbons (Fsp3) is 0.462. The molecule has 1 aromatic rings. The second kappa shape index (κ2) is 7.71. The molecule has 0 radical (unpaired) electrons. The molecular formula is C13H12F7NO6S2. The maximum Gasteiger partial charge on any atom is 0.461 e. The molecule has 0 atom stereocenters. The Kier molecular flexibility index (Phi) is 6.68. The van der Waals surface area contributed by atoms with Crippen LogP contribution in [0.5, 0.6) is 0 Å². The van der Waals surface area contributed by atoms with Crippen LogP contribution >= 0.6 is 10.3 Å². The van der Waals surface area contributed by atoms with E-state index in [9.17, 15) is 54.1 Å². The molecule has 0 unspecified atom stereocenters. The van der Waals surface area contributed by atoms with Gasteiger partial charge in [0, 0.05) is 17.7 Å². The predicted octanol–water partition coefficient (Wildman–Crippen LogP) is 3.89.